The van der Waals surface area contributed by atoms with Crippen molar-refractivity contribution < 1.29 is 33.7 Å². The number of nitrogens with zero attached hydrogens (tertiary/aromatic N) is 2. The number of ether oxygens (including phenoxy) is 2. The Bertz CT molecular complexity index is 1700. The molecule has 0 radical (unpaired) electrons. The minimum Gasteiger partial charge on any atom is -0.504 e. The van der Waals surface area contributed by atoms with Gasteiger partial charge in [-0.3, -0.25) is 14.5 Å². The van der Waals surface area contributed by atoms with Gasteiger partial charge < -0.3 is 24.1 Å². The topological polar surface area (TPSA) is 133 Å². The van der Waals surface area contributed by atoms with Gasteiger partial charge in [-0.25, -0.2) is 0 Å². The number of aromatic hydroxyl groups is 1. The van der Waals surface area contributed by atoms with Gasteiger partial charge in [-0.15, -0.1) is 0 Å². The molecular formula is C29H21ClN2O7. The van der Waals surface area contributed by atoms with E-state index in [9.17, 15) is 25.1 Å². The third-order valence-corrected chi connectivity index (χ3v) is 6.54. The van der Waals surface area contributed by atoms with Crippen molar-refractivity contribution in [2.45, 2.75) is 13.0 Å². The lowest BCUT2D eigenvalue weighted by molar-refractivity contribution is -0.117. The largest absolute Gasteiger partial charge is 0.504 e. The molecule has 9 nitrogen and oxygen atoms in total. The predicted molar refractivity (Wildman–Crippen MR) is 142 cm³/mol. The highest BCUT2D eigenvalue weighted by Gasteiger charge is 2.45. The summed E-state index contributed by atoms with van der Waals surface area (Å²) in [5, 5.41) is 31.4. The second-order valence-corrected chi connectivity index (χ2v) is 9.06. The molecule has 0 spiro atoms. The van der Waals surface area contributed by atoms with Gasteiger partial charge in [-0.2, -0.15) is 5.26 Å². The van der Waals surface area contributed by atoms with E-state index in [1.54, 1.807) is 31.2 Å². The summed E-state index contributed by atoms with van der Waals surface area (Å²) >= 11 is 6.17. The molecule has 3 aromatic carbocycles. The van der Waals surface area contributed by atoms with Crippen molar-refractivity contribution >= 4 is 39.9 Å². The van der Waals surface area contributed by atoms with Crippen LogP contribution in [0.3, 0.4) is 0 Å². The van der Waals surface area contributed by atoms with Crippen LogP contribution in [0, 0.1) is 11.3 Å². The summed E-state index contributed by atoms with van der Waals surface area (Å²) in [7, 11) is 1.44. The Kier molecular flexibility index (Phi) is 6.64. The fourth-order valence-corrected chi connectivity index (χ4v) is 4.79. The van der Waals surface area contributed by atoms with Gasteiger partial charge in [-0.1, -0.05) is 17.7 Å². The second kappa shape index (κ2) is 10.1. The van der Waals surface area contributed by atoms with Crippen molar-refractivity contribution in [3.63, 3.8) is 0 Å². The fraction of sp³-hybridized carbons (Fsp3) is 0.138. The van der Waals surface area contributed by atoms with E-state index >= 15 is 0 Å². The van der Waals surface area contributed by atoms with Crippen LogP contribution in [0.4, 0.5) is 5.69 Å². The van der Waals surface area contributed by atoms with Gasteiger partial charge in [0.1, 0.15) is 0 Å². The Morgan fingerprint density at radius 3 is 2.51 bits per heavy atom. The zero-order valence-electron chi connectivity index (χ0n) is 20.8. The number of nitriles is 1. The van der Waals surface area contributed by atoms with E-state index in [4.69, 9.17) is 25.5 Å². The number of anilines is 1. The summed E-state index contributed by atoms with van der Waals surface area (Å²) in [5.41, 5.74) is 1.13. The number of fused-ring (bicyclic) bond motifs is 1. The lowest BCUT2D eigenvalue weighted by Gasteiger charge is -2.27. The van der Waals surface area contributed by atoms with Crippen LogP contribution in [0.1, 0.15) is 34.6 Å². The standard InChI is InChI=1S/C29H21ClN2O7/c1-3-38-21-11-16(6-9-20(21)33)25-24(27(35)29(36)32(25)19-7-4-15(14-31)5-8-19)26(34)22-12-17-10-18(30)13-23(37-2)28(17)39-22/h4-13,25,33,35H,3H2,1-2H3. The number of phenols is 1. The van der Waals surface area contributed by atoms with E-state index in [2.05, 4.69) is 0 Å². The first-order valence-corrected chi connectivity index (χ1v) is 12.2. The van der Waals surface area contributed by atoms with Crippen molar-refractivity contribution in [1.82, 2.24) is 0 Å². The molecule has 39 heavy (non-hydrogen) atoms. The van der Waals surface area contributed by atoms with Gasteiger partial charge in [-0.05, 0) is 61.0 Å². The lowest BCUT2D eigenvalue weighted by atomic mass is 9.94. The number of hydrogen-bond donors (Lipinski definition) is 2. The molecule has 1 atom stereocenters. The number of amides is 1. The first-order valence-electron chi connectivity index (χ1n) is 11.8. The van der Waals surface area contributed by atoms with Crippen molar-refractivity contribution in [2.75, 3.05) is 18.6 Å². The number of furan rings is 1. The van der Waals surface area contributed by atoms with Crippen molar-refractivity contribution in [1.29, 1.82) is 5.26 Å². The van der Waals surface area contributed by atoms with Gasteiger partial charge >= 0.3 is 0 Å². The summed E-state index contributed by atoms with van der Waals surface area (Å²) in [6, 6.07) is 16.0. The first-order chi connectivity index (χ1) is 18.8. The minimum absolute atomic E-state index is 0.128. The molecule has 1 unspecified atom stereocenters. The number of carbonyl (C=O) groups is 2. The second-order valence-electron chi connectivity index (χ2n) is 8.63. The van der Waals surface area contributed by atoms with E-state index in [-0.39, 0.29) is 35.0 Å². The average molecular weight is 545 g/mol. The van der Waals surface area contributed by atoms with Gasteiger partial charge in [0.05, 0.1) is 37.0 Å². The van der Waals surface area contributed by atoms with Crippen LogP contribution in [-0.4, -0.2) is 35.6 Å². The number of methoxy groups -OCH3 is 1. The van der Waals surface area contributed by atoms with Gasteiger partial charge in [0.15, 0.2) is 34.4 Å². The third kappa shape index (κ3) is 4.41. The fourth-order valence-electron chi connectivity index (χ4n) is 4.57. The van der Waals surface area contributed by atoms with E-state index in [1.807, 2.05) is 6.07 Å². The molecule has 2 N–H and O–H groups in total. The Labute approximate surface area is 227 Å². The molecule has 0 fully saturated rings. The monoisotopic (exact) mass is 544 g/mol. The number of halogens is 1. The van der Waals surface area contributed by atoms with Crippen LogP contribution in [-0.2, 0) is 4.79 Å². The van der Waals surface area contributed by atoms with E-state index < -0.39 is 23.5 Å². The number of aliphatic hydroxyl groups excluding tert-OH is 1. The molecule has 0 saturated heterocycles. The zero-order chi connectivity index (χ0) is 27.8. The summed E-state index contributed by atoms with van der Waals surface area (Å²) in [6.45, 7) is 2.01. The molecular weight excluding hydrogens is 524 g/mol. The highest BCUT2D eigenvalue weighted by molar-refractivity contribution is 6.31. The third-order valence-electron chi connectivity index (χ3n) is 6.32. The molecule has 4 aromatic rings. The molecule has 0 aliphatic carbocycles. The van der Waals surface area contributed by atoms with E-state index in [1.165, 1.54) is 48.4 Å². The number of aliphatic hydroxyl groups is 1. The number of hydrogen-bond acceptors (Lipinski definition) is 8. The summed E-state index contributed by atoms with van der Waals surface area (Å²) in [5.74, 6) is -2.13. The predicted octanol–water partition coefficient (Wildman–Crippen LogP) is 5.85. The van der Waals surface area contributed by atoms with Gasteiger partial charge in [0, 0.05) is 22.2 Å². The Balaban J connectivity index is 1.68. The summed E-state index contributed by atoms with van der Waals surface area (Å²) < 4.78 is 16.7. The zero-order valence-corrected chi connectivity index (χ0v) is 21.5. The van der Waals surface area contributed by atoms with Crippen LogP contribution < -0.4 is 14.4 Å². The normalized spacial score (nSPS) is 15.1. The SMILES string of the molecule is CCOc1cc(C2C(C(=O)c3cc4cc(Cl)cc(OC)c4o3)=C(O)C(=O)N2c2ccc(C#N)cc2)ccc1O. The van der Waals surface area contributed by atoms with E-state index in [0.717, 1.165) is 0 Å². The highest BCUT2D eigenvalue weighted by Crippen LogP contribution is 2.44. The molecule has 1 aliphatic heterocycles. The molecule has 2 heterocycles. The maximum atomic E-state index is 13.9. The van der Waals surface area contributed by atoms with Crippen LogP contribution in [0.2, 0.25) is 5.02 Å². The number of rotatable bonds is 7. The number of Topliss-reactive ketones (excluding diaryl/α,β-unsaturated/α-hetero) is 1. The summed E-state index contributed by atoms with van der Waals surface area (Å²) in [4.78, 5) is 28.6. The molecule has 0 bridgehead atoms. The molecule has 1 aromatic heterocycles. The van der Waals surface area contributed by atoms with Crippen molar-refractivity contribution in [2.24, 2.45) is 0 Å². The number of ketones is 1. The molecule has 1 aliphatic rings. The Hall–Kier alpha value is -4.94. The van der Waals surface area contributed by atoms with E-state index in [0.29, 0.717) is 33.0 Å². The molecule has 1 amide bonds. The van der Waals surface area contributed by atoms with Crippen molar-refractivity contribution in [3.05, 3.63) is 93.9 Å². The van der Waals surface area contributed by atoms with Crippen LogP contribution in [0.5, 0.6) is 17.2 Å². The van der Waals surface area contributed by atoms with Gasteiger partial charge in [0.25, 0.3) is 5.91 Å². The maximum Gasteiger partial charge on any atom is 0.294 e. The maximum absolute atomic E-state index is 13.9. The Morgan fingerprint density at radius 2 is 1.85 bits per heavy atom. The van der Waals surface area contributed by atoms with Crippen LogP contribution >= 0.6 is 11.6 Å². The number of phenolic OH excluding ortho intramolecular Hbond substituents is 1. The summed E-state index contributed by atoms with van der Waals surface area (Å²) in [6.07, 6.45) is 0. The number of carbonyl (C=O) groups excluding carboxylic acids is 2. The molecule has 0 saturated carbocycles. The van der Waals surface area contributed by atoms with Crippen LogP contribution in [0.25, 0.3) is 11.0 Å². The van der Waals surface area contributed by atoms with Crippen LogP contribution in [0.15, 0.2) is 76.4 Å². The molecule has 5 rings (SSSR count). The Morgan fingerprint density at radius 1 is 1.10 bits per heavy atom. The lowest BCUT2D eigenvalue weighted by Crippen LogP contribution is -2.31. The molecule has 10 heteroatoms. The average Bonchev–Trinajstić information content (AvgIpc) is 3.48. The smallest absolute Gasteiger partial charge is 0.294 e. The first kappa shape index (κ1) is 25.7. The quantitative estimate of drug-likeness (QED) is 0.277. The van der Waals surface area contributed by atoms with Gasteiger partial charge in [0.2, 0.25) is 5.78 Å². The molecule has 196 valence electrons. The minimum atomic E-state index is -1.11. The number of benzene rings is 3. The van der Waals surface area contributed by atoms with Crippen molar-refractivity contribution in [3.8, 4) is 23.3 Å². The highest BCUT2D eigenvalue weighted by atomic mass is 35.5.